The quantitative estimate of drug-likeness (QED) is 0.407. The lowest BCUT2D eigenvalue weighted by atomic mass is 10.1. The van der Waals surface area contributed by atoms with E-state index >= 15 is 0 Å². The van der Waals surface area contributed by atoms with Crippen LogP contribution in [-0.4, -0.2) is 51.5 Å². The van der Waals surface area contributed by atoms with Crippen LogP contribution < -0.4 is 5.32 Å². The van der Waals surface area contributed by atoms with Gasteiger partial charge in [0.2, 0.25) is 5.91 Å². The number of thioether (sulfide) groups is 1. The topological polar surface area (TPSA) is 63.1 Å². The Bertz CT molecular complexity index is 778. The number of hydrogen-bond acceptors (Lipinski definition) is 5. The number of carbonyl (C=O) groups excluding carboxylic acids is 1. The first-order valence-corrected chi connectivity index (χ1v) is 11.5. The molecule has 0 saturated heterocycles. The molecule has 0 radical (unpaired) electrons. The summed E-state index contributed by atoms with van der Waals surface area (Å²) in [5.74, 6) is 1.15. The Morgan fingerprint density at radius 3 is 2.52 bits per heavy atom. The fourth-order valence-corrected chi connectivity index (χ4v) is 3.82. The number of amides is 1. The largest absolute Gasteiger partial charge is 0.353 e. The lowest BCUT2D eigenvalue weighted by Gasteiger charge is -2.20. The van der Waals surface area contributed by atoms with E-state index in [1.54, 1.807) is 0 Å². The van der Waals surface area contributed by atoms with Crippen LogP contribution in [0.1, 0.15) is 58.3 Å². The zero-order valence-electron chi connectivity index (χ0n) is 18.0. The molecule has 29 heavy (non-hydrogen) atoms. The maximum absolute atomic E-state index is 12.4. The second-order valence-corrected chi connectivity index (χ2v) is 8.92. The highest BCUT2D eigenvalue weighted by atomic mass is 35.5. The first-order valence-electron chi connectivity index (χ1n) is 10.1. The Kier molecular flexibility index (Phi) is 9.46. The average molecular weight is 438 g/mol. The van der Waals surface area contributed by atoms with Crippen LogP contribution in [0, 0.1) is 0 Å². The van der Waals surface area contributed by atoms with Gasteiger partial charge in [0, 0.05) is 16.8 Å². The maximum atomic E-state index is 12.4. The zero-order chi connectivity index (χ0) is 21.4. The number of aromatic nitrogens is 3. The Labute approximate surface area is 183 Å². The molecule has 0 saturated carbocycles. The molecule has 8 heteroatoms. The van der Waals surface area contributed by atoms with Gasteiger partial charge >= 0.3 is 0 Å². The first-order chi connectivity index (χ1) is 13.8. The van der Waals surface area contributed by atoms with Gasteiger partial charge in [0.25, 0.3) is 0 Å². The number of nitrogens with zero attached hydrogens (tertiary/aromatic N) is 4. The van der Waals surface area contributed by atoms with E-state index in [2.05, 4.69) is 41.2 Å². The van der Waals surface area contributed by atoms with Crippen molar-refractivity contribution < 1.29 is 4.79 Å². The number of nitrogens with one attached hydrogen (secondary N) is 1. The number of halogens is 1. The predicted octanol–water partition coefficient (Wildman–Crippen LogP) is 4.72. The van der Waals surface area contributed by atoms with Crippen LogP contribution in [0.2, 0.25) is 5.02 Å². The highest BCUT2D eigenvalue weighted by molar-refractivity contribution is 7.99. The van der Waals surface area contributed by atoms with E-state index in [1.165, 1.54) is 24.6 Å². The number of carbonyl (C=O) groups is 1. The van der Waals surface area contributed by atoms with Gasteiger partial charge in [-0.05, 0) is 58.6 Å². The fraction of sp³-hybridized carbons (Fsp3) is 0.571. The predicted molar refractivity (Wildman–Crippen MR) is 121 cm³/mol. The van der Waals surface area contributed by atoms with Crippen LogP contribution in [0.4, 0.5) is 0 Å². The van der Waals surface area contributed by atoms with Crippen molar-refractivity contribution in [2.75, 3.05) is 19.8 Å². The highest BCUT2D eigenvalue weighted by Crippen LogP contribution is 2.27. The second kappa shape index (κ2) is 11.6. The van der Waals surface area contributed by atoms with Crippen molar-refractivity contribution in [3.05, 3.63) is 35.1 Å². The molecule has 1 aromatic heterocycles. The van der Waals surface area contributed by atoms with Crippen LogP contribution in [0.3, 0.4) is 0 Å². The summed E-state index contributed by atoms with van der Waals surface area (Å²) in [5, 5.41) is 13.2. The minimum atomic E-state index is 0.0202. The Balaban J connectivity index is 2.12. The van der Waals surface area contributed by atoms with Crippen LogP contribution in [0.25, 0.3) is 5.69 Å². The smallest absolute Gasteiger partial charge is 0.230 e. The molecule has 0 fully saturated rings. The van der Waals surface area contributed by atoms with Gasteiger partial charge in [0.05, 0.1) is 11.8 Å². The van der Waals surface area contributed by atoms with Gasteiger partial charge in [-0.15, -0.1) is 10.2 Å². The minimum absolute atomic E-state index is 0.0202. The summed E-state index contributed by atoms with van der Waals surface area (Å²) >= 11 is 7.46. The third kappa shape index (κ3) is 7.01. The van der Waals surface area contributed by atoms with Crippen LogP contribution in [0.5, 0.6) is 0 Å². The molecule has 1 heterocycles. The van der Waals surface area contributed by atoms with E-state index in [0.29, 0.717) is 15.9 Å². The summed E-state index contributed by atoms with van der Waals surface area (Å²) in [6.07, 6.45) is 4.54. The molecule has 0 aliphatic heterocycles. The molecule has 1 N–H and O–H groups in total. The summed E-state index contributed by atoms with van der Waals surface area (Å²) in [5.41, 5.74) is 0.930. The van der Waals surface area contributed by atoms with Crippen LogP contribution in [0.15, 0.2) is 29.4 Å². The van der Waals surface area contributed by atoms with E-state index in [0.717, 1.165) is 24.4 Å². The summed E-state index contributed by atoms with van der Waals surface area (Å²) < 4.78 is 2.00. The number of unbranched alkanes of at least 4 members (excludes halogenated alkanes) is 2. The minimum Gasteiger partial charge on any atom is -0.353 e. The molecule has 2 aromatic rings. The Morgan fingerprint density at radius 1 is 1.21 bits per heavy atom. The molecule has 0 bridgehead atoms. The van der Waals surface area contributed by atoms with Crippen molar-refractivity contribution in [2.45, 2.75) is 63.7 Å². The lowest BCUT2D eigenvalue weighted by Crippen LogP contribution is -2.33. The average Bonchev–Trinajstić information content (AvgIpc) is 3.10. The summed E-state index contributed by atoms with van der Waals surface area (Å²) in [7, 11) is 4.01. The molecular formula is C21H32ClN5OS. The van der Waals surface area contributed by atoms with E-state index in [9.17, 15) is 4.79 Å². The van der Waals surface area contributed by atoms with Crippen LogP contribution in [-0.2, 0) is 4.79 Å². The monoisotopic (exact) mass is 437 g/mol. The van der Waals surface area contributed by atoms with E-state index < -0.39 is 0 Å². The van der Waals surface area contributed by atoms with E-state index in [4.69, 9.17) is 11.6 Å². The van der Waals surface area contributed by atoms with Gasteiger partial charge in [-0.1, -0.05) is 49.5 Å². The van der Waals surface area contributed by atoms with Crippen molar-refractivity contribution in [3.63, 3.8) is 0 Å². The van der Waals surface area contributed by atoms with Gasteiger partial charge in [-0.3, -0.25) is 14.3 Å². The molecular weight excluding hydrogens is 406 g/mol. The fourth-order valence-electron chi connectivity index (χ4n) is 2.93. The molecule has 2 rings (SSSR count). The Morgan fingerprint density at radius 2 is 1.90 bits per heavy atom. The van der Waals surface area contributed by atoms with Crippen molar-refractivity contribution in [1.82, 2.24) is 25.0 Å². The molecule has 0 aliphatic rings. The number of hydrogen-bond donors (Lipinski definition) is 1. The van der Waals surface area contributed by atoms with Gasteiger partial charge in [0.1, 0.15) is 0 Å². The third-order valence-electron chi connectivity index (χ3n) is 4.87. The van der Waals surface area contributed by atoms with E-state index in [1.807, 2.05) is 42.9 Å². The SMILES string of the molecule is CCCCCC(C)NC(=O)CSc1nnc(C(C)N(C)C)n1-c1ccc(Cl)cc1. The molecule has 0 aliphatic carbocycles. The standard InChI is InChI=1S/C21H32ClN5OS/c1-6-7-8-9-15(2)23-19(28)14-29-21-25-24-20(16(3)26(4)5)27(21)18-12-10-17(22)11-13-18/h10-13,15-16H,6-9,14H2,1-5H3,(H,23,28). The van der Waals surface area contributed by atoms with Crippen molar-refractivity contribution in [1.29, 1.82) is 0 Å². The van der Waals surface area contributed by atoms with Crippen molar-refractivity contribution in [3.8, 4) is 5.69 Å². The molecule has 2 atom stereocenters. The zero-order valence-corrected chi connectivity index (χ0v) is 19.6. The second-order valence-electron chi connectivity index (χ2n) is 7.55. The van der Waals surface area contributed by atoms with Crippen LogP contribution >= 0.6 is 23.4 Å². The highest BCUT2D eigenvalue weighted by Gasteiger charge is 2.21. The molecule has 1 amide bonds. The van der Waals surface area contributed by atoms with Gasteiger partial charge in [-0.25, -0.2) is 0 Å². The van der Waals surface area contributed by atoms with Gasteiger partial charge in [-0.2, -0.15) is 0 Å². The number of benzene rings is 1. The normalized spacial score (nSPS) is 13.5. The Hall–Kier alpha value is -1.57. The lowest BCUT2D eigenvalue weighted by molar-refractivity contribution is -0.119. The summed E-state index contributed by atoms with van der Waals surface area (Å²) in [6, 6.07) is 7.84. The third-order valence-corrected chi connectivity index (χ3v) is 6.05. The molecule has 160 valence electrons. The number of rotatable bonds is 11. The molecule has 6 nitrogen and oxygen atoms in total. The maximum Gasteiger partial charge on any atom is 0.230 e. The van der Waals surface area contributed by atoms with Gasteiger partial charge < -0.3 is 5.32 Å². The van der Waals surface area contributed by atoms with Crippen molar-refractivity contribution >= 4 is 29.3 Å². The molecule has 1 aromatic carbocycles. The first kappa shape index (κ1) is 23.7. The van der Waals surface area contributed by atoms with Crippen molar-refractivity contribution in [2.24, 2.45) is 0 Å². The summed E-state index contributed by atoms with van der Waals surface area (Å²) in [4.78, 5) is 14.5. The summed E-state index contributed by atoms with van der Waals surface area (Å²) in [6.45, 7) is 6.32. The molecule has 2 unspecified atom stereocenters. The molecule has 0 spiro atoms. The van der Waals surface area contributed by atoms with E-state index in [-0.39, 0.29) is 18.0 Å². The van der Waals surface area contributed by atoms with Gasteiger partial charge in [0.15, 0.2) is 11.0 Å².